The largest absolute Gasteiger partial charge is 0.236 e. The van der Waals surface area contributed by atoms with E-state index in [2.05, 4.69) is 15.9 Å². The fourth-order valence-electron chi connectivity index (χ4n) is 1.03. The molecule has 0 radical (unpaired) electrons. The van der Waals surface area contributed by atoms with Crippen LogP contribution in [0.4, 0.5) is 4.39 Å². The maximum absolute atomic E-state index is 12.9. The molecule has 0 atom stereocenters. The first-order valence-electron chi connectivity index (χ1n) is 3.66. The molecule has 78 valence electrons. The summed E-state index contributed by atoms with van der Waals surface area (Å²) in [7, 11) is 1.43. The maximum Gasteiger partial charge on any atom is 0.236 e. The Balaban J connectivity index is 3.22. The van der Waals surface area contributed by atoms with E-state index in [0.29, 0.717) is 15.6 Å². The fraction of sp³-hybridized carbons (Fsp3) is 0.250. The van der Waals surface area contributed by atoms with Gasteiger partial charge in [-0.1, -0.05) is 15.9 Å². The van der Waals surface area contributed by atoms with Gasteiger partial charge in [0, 0.05) is 15.2 Å². The van der Waals surface area contributed by atoms with Gasteiger partial charge in [0.2, 0.25) is 9.05 Å². The van der Waals surface area contributed by atoms with Gasteiger partial charge in [0.15, 0.2) is 0 Å². The third-order valence-electron chi connectivity index (χ3n) is 1.74. The summed E-state index contributed by atoms with van der Waals surface area (Å²) in [6.45, 7) is 1.70. The van der Waals surface area contributed by atoms with Crippen LogP contribution in [-0.2, 0) is 14.8 Å². The summed E-state index contributed by atoms with van der Waals surface area (Å²) in [5.74, 6) is -0.852. The Labute approximate surface area is 94.6 Å². The van der Waals surface area contributed by atoms with E-state index in [4.69, 9.17) is 10.7 Å². The molecule has 0 aliphatic heterocycles. The van der Waals surface area contributed by atoms with Gasteiger partial charge < -0.3 is 0 Å². The molecule has 0 aliphatic carbocycles. The molecule has 0 aromatic heterocycles. The summed E-state index contributed by atoms with van der Waals surface area (Å²) in [6, 6.07) is 2.44. The molecule has 1 aromatic carbocycles. The number of benzene rings is 1. The van der Waals surface area contributed by atoms with Crippen molar-refractivity contribution in [2.75, 3.05) is 0 Å². The molecule has 0 spiro atoms. The highest BCUT2D eigenvalue weighted by Gasteiger charge is 2.12. The highest BCUT2D eigenvalue weighted by molar-refractivity contribution is 9.10. The molecule has 0 saturated heterocycles. The molecule has 0 bridgehead atoms. The minimum atomic E-state index is -3.65. The van der Waals surface area contributed by atoms with E-state index in [0.717, 1.165) is 0 Å². The maximum atomic E-state index is 12.9. The van der Waals surface area contributed by atoms with E-state index in [1.54, 1.807) is 6.92 Å². The van der Waals surface area contributed by atoms with Gasteiger partial charge in [-0.05, 0) is 30.2 Å². The van der Waals surface area contributed by atoms with E-state index >= 15 is 0 Å². The standard InChI is InChI=1S/C8H7BrClFO2S/c1-5-6(4-14(10,12)13)2-7(11)3-8(5)9/h2-3H,4H2,1H3. The van der Waals surface area contributed by atoms with Crippen LogP contribution in [0.2, 0.25) is 0 Å². The first kappa shape index (κ1) is 11.9. The van der Waals surface area contributed by atoms with Crippen LogP contribution in [0, 0.1) is 12.7 Å². The minimum absolute atomic E-state index is 0.364. The SMILES string of the molecule is Cc1c(Br)cc(F)cc1CS(=O)(=O)Cl. The van der Waals surface area contributed by atoms with Crippen molar-refractivity contribution in [1.82, 2.24) is 0 Å². The summed E-state index contributed by atoms with van der Waals surface area (Å²) < 4.78 is 35.1. The second-order valence-corrected chi connectivity index (χ2v) is 6.49. The summed E-state index contributed by atoms with van der Waals surface area (Å²) in [5.41, 5.74) is 1.04. The average Bonchev–Trinajstić information content (AvgIpc) is 1.96. The van der Waals surface area contributed by atoms with E-state index in [9.17, 15) is 12.8 Å². The second kappa shape index (κ2) is 4.16. The highest BCUT2D eigenvalue weighted by Crippen LogP contribution is 2.23. The van der Waals surface area contributed by atoms with Gasteiger partial charge in [0.25, 0.3) is 0 Å². The summed E-state index contributed by atoms with van der Waals surface area (Å²) in [6.07, 6.45) is 0. The number of rotatable bonds is 2. The van der Waals surface area contributed by atoms with Gasteiger partial charge in [-0.2, -0.15) is 0 Å². The Morgan fingerprint density at radius 1 is 1.50 bits per heavy atom. The van der Waals surface area contributed by atoms with E-state index in [1.807, 2.05) is 0 Å². The third kappa shape index (κ3) is 3.22. The van der Waals surface area contributed by atoms with Crippen LogP contribution in [-0.4, -0.2) is 8.42 Å². The normalized spacial score (nSPS) is 11.7. The van der Waals surface area contributed by atoms with E-state index in [-0.39, 0.29) is 5.75 Å². The zero-order valence-electron chi connectivity index (χ0n) is 7.22. The molecule has 0 amide bonds. The van der Waals surface area contributed by atoms with Gasteiger partial charge in [0.1, 0.15) is 5.82 Å². The topological polar surface area (TPSA) is 34.1 Å². The van der Waals surface area contributed by atoms with Crippen LogP contribution in [0.1, 0.15) is 11.1 Å². The van der Waals surface area contributed by atoms with Crippen molar-refractivity contribution in [3.8, 4) is 0 Å². The Kier molecular flexibility index (Phi) is 3.55. The van der Waals surface area contributed by atoms with Crippen LogP contribution >= 0.6 is 26.6 Å². The predicted octanol–water partition coefficient (Wildman–Crippen LogP) is 2.97. The minimum Gasteiger partial charge on any atom is -0.212 e. The summed E-state index contributed by atoms with van der Waals surface area (Å²) in [4.78, 5) is 0. The molecule has 0 aliphatic rings. The molecule has 0 heterocycles. The van der Waals surface area contributed by atoms with Crippen LogP contribution in [0.3, 0.4) is 0 Å². The van der Waals surface area contributed by atoms with E-state index < -0.39 is 14.9 Å². The molecule has 0 unspecified atom stereocenters. The van der Waals surface area contributed by atoms with Crippen molar-refractivity contribution in [3.63, 3.8) is 0 Å². The third-order valence-corrected chi connectivity index (χ3v) is 3.55. The summed E-state index contributed by atoms with van der Waals surface area (Å²) in [5, 5.41) is 0. The number of hydrogen-bond donors (Lipinski definition) is 0. The molecule has 1 aromatic rings. The molecule has 1 rings (SSSR count). The lowest BCUT2D eigenvalue weighted by Crippen LogP contribution is -1.99. The Hall–Kier alpha value is -0.130. The van der Waals surface area contributed by atoms with E-state index in [1.165, 1.54) is 12.1 Å². The molecule has 0 fully saturated rings. The predicted molar refractivity (Wildman–Crippen MR) is 57.3 cm³/mol. The molecular weight excluding hydrogens is 295 g/mol. The lowest BCUT2D eigenvalue weighted by atomic mass is 10.1. The smallest absolute Gasteiger partial charge is 0.212 e. The zero-order valence-corrected chi connectivity index (χ0v) is 10.4. The fourth-order valence-corrected chi connectivity index (χ4v) is 2.53. The number of halogens is 3. The Morgan fingerprint density at radius 3 is 2.57 bits per heavy atom. The molecular formula is C8H7BrClFO2S. The first-order chi connectivity index (χ1) is 6.29. The molecule has 0 N–H and O–H groups in total. The van der Waals surface area contributed by atoms with Crippen LogP contribution < -0.4 is 0 Å². The van der Waals surface area contributed by atoms with Crippen molar-refractivity contribution in [1.29, 1.82) is 0 Å². The van der Waals surface area contributed by atoms with Crippen LogP contribution in [0.5, 0.6) is 0 Å². The quantitative estimate of drug-likeness (QED) is 0.787. The second-order valence-electron chi connectivity index (χ2n) is 2.85. The highest BCUT2D eigenvalue weighted by atomic mass is 79.9. The lowest BCUT2D eigenvalue weighted by Gasteiger charge is -2.05. The van der Waals surface area contributed by atoms with Gasteiger partial charge in [-0.25, -0.2) is 12.8 Å². The molecule has 2 nitrogen and oxygen atoms in total. The van der Waals surface area contributed by atoms with Gasteiger partial charge in [-0.3, -0.25) is 0 Å². The molecule has 6 heteroatoms. The Bertz CT molecular complexity index is 459. The zero-order chi connectivity index (χ0) is 10.9. The Morgan fingerprint density at radius 2 is 2.07 bits per heavy atom. The van der Waals surface area contributed by atoms with Gasteiger partial charge in [0.05, 0.1) is 5.75 Å². The van der Waals surface area contributed by atoms with Gasteiger partial charge >= 0.3 is 0 Å². The van der Waals surface area contributed by atoms with Crippen molar-refractivity contribution in [3.05, 3.63) is 33.5 Å². The van der Waals surface area contributed by atoms with Crippen LogP contribution in [0.25, 0.3) is 0 Å². The van der Waals surface area contributed by atoms with Crippen molar-refractivity contribution in [2.45, 2.75) is 12.7 Å². The van der Waals surface area contributed by atoms with Crippen molar-refractivity contribution < 1.29 is 12.8 Å². The van der Waals surface area contributed by atoms with Crippen LogP contribution in [0.15, 0.2) is 16.6 Å². The summed E-state index contributed by atoms with van der Waals surface area (Å²) >= 11 is 3.13. The van der Waals surface area contributed by atoms with Gasteiger partial charge in [-0.15, -0.1) is 0 Å². The molecule has 0 saturated carbocycles. The monoisotopic (exact) mass is 300 g/mol. The number of hydrogen-bond acceptors (Lipinski definition) is 2. The average molecular weight is 302 g/mol. The van der Waals surface area contributed by atoms with Crippen molar-refractivity contribution in [2.24, 2.45) is 0 Å². The molecule has 14 heavy (non-hydrogen) atoms. The van der Waals surface area contributed by atoms with Crippen molar-refractivity contribution >= 4 is 35.7 Å². The first-order valence-corrected chi connectivity index (χ1v) is 6.93. The lowest BCUT2D eigenvalue weighted by molar-refractivity contribution is 0.607.